The molecule has 138 valence electrons. The second kappa shape index (κ2) is 8.13. The number of thiocarbonyl (C=S) groups is 1. The van der Waals surface area contributed by atoms with Gasteiger partial charge in [0, 0.05) is 11.3 Å². The number of benzene rings is 2. The number of hydrogen-bond donors (Lipinski definition) is 2. The fourth-order valence-corrected chi connectivity index (χ4v) is 3.05. The fraction of sp³-hybridized carbons (Fsp3) is 0.100. The van der Waals surface area contributed by atoms with Gasteiger partial charge in [0.1, 0.15) is 5.76 Å². The molecule has 2 aromatic carbocycles. The number of aryl methyl sites for hydroxylation is 2. The minimum absolute atomic E-state index is 0.116. The normalized spacial score (nSPS) is 10.5. The number of nitrogens with one attached hydrogen (secondary N) is 2. The van der Waals surface area contributed by atoms with E-state index >= 15 is 0 Å². The smallest absolute Gasteiger partial charge is 0.293 e. The van der Waals surface area contributed by atoms with Gasteiger partial charge in [-0.1, -0.05) is 35.3 Å². The van der Waals surface area contributed by atoms with Gasteiger partial charge in [0.2, 0.25) is 0 Å². The molecule has 0 radical (unpaired) electrons. The standard InChI is InChI=1S/C20H16Cl2N2O2S/c1-11-6-7-13(10-12(11)2)23-20(27)24-19(25)17-9-8-16(26-17)14-4-3-5-15(21)18(14)22/h3-10H,1-2H3,(H2,23,24,25,27). The van der Waals surface area contributed by atoms with Crippen LogP contribution in [-0.2, 0) is 0 Å². The van der Waals surface area contributed by atoms with E-state index in [1.165, 1.54) is 5.56 Å². The first-order valence-corrected chi connectivity index (χ1v) is 9.25. The topological polar surface area (TPSA) is 54.3 Å². The molecule has 0 bridgehead atoms. The van der Waals surface area contributed by atoms with Crippen LogP contribution in [0.1, 0.15) is 21.7 Å². The van der Waals surface area contributed by atoms with Crippen molar-refractivity contribution in [3.63, 3.8) is 0 Å². The summed E-state index contributed by atoms with van der Waals surface area (Å²) >= 11 is 17.4. The Hall–Kier alpha value is -2.34. The van der Waals surface area contributed by atoms with E-state index in [2.05, 4.69) is 10.6 Å². The Morgan fingerprint density at radius 1 is 1.04 bits per heavy atom. The zero-order chi connectivity index (χ0) is 19.6. The molecule has 0 aliphatic rings. The van der Waals surface area contributed by atoms with Gasteiger partial charge in [0.25, 0.3) is 5.91 Å². The first-order valence-electron chi connectivity index (χ1n) is 8.09. The Bertz CT molecular complexity index is 1030. The molecule has 4 nitrogen and oxygen atoms in total. The molecule has 2 N–H and O–H groups in total. The van der Waals surface area contributed by atoms with E-state index in [9.17, 15) is 4.79 Å². The number of amides is 1. The van der Waals surface area contributed by atoms with Crippen LogP contribution < -0.4 is 10.6 Å². The van der Waals surface area contributed by atoms with E-state index in [4.69, 9.17) is 39.8 Å². The van der Waals surface area contributed by atoms with Crippen molar-refractivity contribution in [2.24, 2.45) is 0 Å². The molecular weight excluding hydrogens is 403 g/mol. The summed E-state index contributed by atoms with van der Waals surface area (Å²) in [5.41, 5.74) is 3.72. The largest absolute Gasteiger partial charge is 0.451 e. The lowest BCUT2D eigenvalue weighted by Crippen LogP contribution is -2.33. The van der Waals surface area contributed by atoms with E-state index in [1.54, 1.807) is 30.3 Å². The zero-order valence-corrected chi connectivity index (χ0v) is 16.9. The summed E-state index contributed by atoms with van der Waals surface area (Å²) in [6.07, 6.45) is 0. The maximum Gasteiger partial charge on any atom is 0.293 e. The first-order chi connectivity index (χ1) is 12.8. The first kappa shape index (κ1) is 19.4. The number of hydrogen-bond acceptors (Lipinski definition) is 3. The zero-order valence-electron chi connectivity index (χ0n) is 14.6. The average molecular weight is 419 g/mol. The Morgan fingerprint density at radius 2 is 1.81 bits per heavy atom. The van der Waals surface area contributed by atoms with Crippen LogP contribution in [0.25, 0.3) is 11.3 Å². The highest BCUT2D eigenvalue weighted by Gasteiger charge is 2.16. The summed E-state index contributed by atoms with van der Waals surface area (Å²) in [5, 5.41) is 6.55. The van der Waals surface area contributed by atoms with Gasteiger partial charge in [0.15, 0.2) is 10.9 Å². The molecule has 27 heavy (non-hydrogen) atoms. The van der Waals surface area contributed by atoms with Crippen molar-refractivity contribution in [2.75, 3.05) is 5.32 Å². The predicted molar refractivity (Wildman–Crippen MR) is 114 cm³/mol. The van der Waals surface area contributed by atoms with Crippen molar-refractivity contribution >= 4 is 52.1 Å². The number of carbonyl (C=O) groups excluding carboxylic acids is 1. The third-order valence-electron chi connectivity index (χ3n) is 4.04. The molecule has 0 fully saturated rings. The van der Waals surface area contributed by atoms with Gasteiger partial charge >= 0.3 is 0 Å². The summed E-state index contributed by atoms with van der Waals surface area (Å²) in [7, 11) is 0. The van der Waals surface area contributed by atoms with Crippen LogP contribution in [0.2, 0.25) is 10.0 Å². The molecule has 1 heterocycles. The lowest BCUT2D eigenvalue weighted by Gasteiger charge is -2.10. The van der Waals surface area contributed by atoms with Crippen molar-refractivity contribution < 1.29 is 9.21 Å². The van der Waals surface area contributed by atoms with Crippen LogP contribution >= 0.6 is 35.4 Å². The number of rotatable bonds is 3. The molecule has 1 amide bonds. The summed E-state index contributed by atoms with van der Waals surface area (Å²) in [6.45, 7) is 4.04. The van der Waals surface area contributed by atoms with Crippen LogP contribution in [-0.4, -0.2) is 11.0 Å². The molecule has 0 unspecified atom stereocenters. The van der Waals surface area contributed by atoms with Gasteiger partial charge in [-0.05, 0) is 73.6 Å². The highest BCUT2D eigenvalue weighted by molar-refractivity contribution is 7.80. The van der Waals surface area contributed by atoms with Gasteiger partial charge in [-0.25, -0.2) is 0 Å². The Morgan fingerprint density at radius 3 is 2.56 bits per heavy atom. The van der Waals surface area contributed by atoms with Crippen LogP contribution in [0, 0.1) is 13.8 Å². The number of anilines is 1. The van der Waals surface area contributed by atoms with E-state index in [0.717, 1.165) is 11.3 Å². The Kier molecular flexibility index (Phi) is 5.85. The van der Waals surface area contributed by atoms with Gasteiger partial charge in [-0.3, -0.25) is 10.1 Å². The molecular formula is C20H16Cl2N2O2S. The second-order valence-electron chi connectivity index (χ2n) is 5.97. The molecule has 3 rings (SSSR count). The van der Waals surface area contributed by atoms with Crippen LogP contribution in [0.3, 0.4) is 0 Å². The number of furan rings is 1. The van der Waals surface area contributed by atoms with Crippen molar-refractivity contribution in [2.45, 2.75) is 13.8 Å². The predicted octanol–water partition coefficient (Wildman–Crippen LogP) is 6.00. The van der Waals surface area contributed by atoms with Crippen molar-refractivity contribution in [1.82, 2.24) is 5.32 Å². The lowest BCUT2D eigenvalue weighted by molar-refractivity contribution is 0.0951. The molecule has 0 saturated carbocycles. The third kappa shape index (κ3) is 4.50. The van der Waals surface area contributed by atoms with Crippen molar-refractivity contribution in [3.05, 3.63) is 75.5 Å². The average Bonchev–Trinajstić information content (AvgIpc) is 3.10. The van der Waals surface area contributed by atoms with E-state index < -0.39 is 5.91 Å². The highest BCUT2D eigenvalue weighted by Crippen LogP contribution is 2.34. The fourth-order valence-electron chi connectivity index (χ4n) is 2.45. The molecule has 0 atom stereocenters. The Labute approximate surface area is 172 Å². The lowest BCUT2D eigenvalue weighted by atomic mass is 10.1. The second-order valence-corrected chi connectivity index (χ2v) is 7.17. The maximum absolute atomic E-state index is 12.4. The van der Waals surface area contributed by atoms with Crippen LogP contribution in [0.4, 0.5) is 5.69 Å². The van der Waals surface area contributed by atoms with E-state index in [1.807, 2.05) is 32.0 Å². The summed E-state index contributed by atoms with van der Waals surface area (Å²) in [4.78, 5) is 12.4. The molecule has 0 aliphatic heterocycles. The summed E-state index contributed by atoms with van der Waals surface area (Å²) < 4.78 is 5.61. The molecule has 0 spiro atoms. The minimum Gasteiger partial charge on any atom is -0.451 e. The molecule has 0 saturated heterocycles. The van der Waals surface area contributed by atoms with Gasteiger partial charge in [-0.2, -0.15) is 0 Å². The minimum atomic E-state index is -0.458. The quantitative estimate of drug-likeness (QED) is 0.512. The molecule has 3 aromatic rings. The van der Waals surface area contributed by atoms with Gasteiger partial charge in [0.05, 0.1) is 10.0 Å². The summed E-state index contributed by atoms with van der Waals surface area (Å²) in [6, 6.07) is 14.3. The number of halogens is 2. The van der Waals surface area contributed by atoms with Crippen molar-refractivity contribution in [3.8, 4) is 11.3 Å². The Balaban J connectivity index is 1.69. The SMILES string of the molecule is Cc1ccc(NC(=S)NC(=O)c2ccc(-c3cccc(Cl)c3Cl)o2)cc1C. The van der Waals surface area contributed by atoms with E-state index in [0.29, 0.717) is 21.4 Å². The van der Waals surface area contributed by atoms with Crippen LogP contribution in [0.15, 0.2) is 52.9 Å². The monoisotopic (exact) mass is 418 g/mol. The van der Waals surface area contributed by atoms with Gasteiger partial charge in [-0.15, -0.1) is 0 Å². The molecule has 0 aliphatic carbocycles. The summed E-state index contributed by atoms with van der Waals surface area (Å²) in [5.74, 6) is 0.103. The van der Waals surface area contributed by atoms with E-state index in [-0.39, 0.29) is 10.9 Å². The highest BCUT2D eigenvalue weighted by atomic mass is 35.5. The molecule has 1 aromatic heterocycles. The van der Waals surface area contributed by atoms with Crippen LogP contribution in [0.5, 0.6) is 0 Å². The maximum atomic E-state index is 12.4. The van der Waals surface area contributed by atoms with Gasteiger partial charge < -0.3 is 9.73 Å². The van der Waals surface area contributed by atoms with Crippen molar-refractivity contribution in [1.29, 1.82) is 0 Å². The molecule has 7 heteroatoms. The third-order valence-corrected chi connectivity index (χ3v) is 5.06. The number of carbonyl (C=O) groups is 1.